The van der Waals surface area contributed by atoms with Gasteiger partial charge in [-0.05, 0) is 36.7 Å². The van der Waals surface area contributed by atoms with Gasteiger partial charge in [-0.15, -0.1) is 10.0 Å². The van der Waals surface area contributed by atoms with Crippen LogP contribution >= 0.6 is 0 Å². The maximum atomic E-state index is 13.1. The summed E-state index contributed by atoms with van der Waals surface area (Å²) in [5, 5.41) is 8.93. The first-order chi connectivity index (χ1) is 11.8. The van der Waals surface area contributed by atoms with Crippen molar-refractivity contribution in [1.29, 1.82) is 0 Å². The molecule has 25 heavy (non-hydrogen) atoms. The lowest BCUT2D eigenvalue weighted by atomic mass is 10.1. The van der Waals surface area contributed by atoms with E-state index in [2.05, 4.69) is 15.6 Å². The summed E-state index contributed by atoms with van der Waals surface area (Å²) in [5.41, 5.74) is -1.14. The average Bonchev–Trinajstić information content (AvgIpc) is 2.92. The van der Waals surface area contributed by atoms with Crippen molar-refractivity contribution in [2.24, 2.45) is 5.18 Å². The molecule has 0 radical (unpaired) electrons. The number of nitrogens with one attached hydrogen (secondary N) is 1. The highest BCUT2D eigenvalue weighted by atomic mass is 19.4. The van der Waals surface area contributed by atoms with Crippen molar-refractivity contribution < 1.29 is 22.7 Å². The predicted octanol–water partition coefficient (Wildman–Crippen LogP) is 4.37. The van der Waals surface area contributed by atoms with Crippen LogP contribution in [0.25, 0.3) is 0 Å². The summed E-state index contributed by atoms with van der Waals surface area (Å²) in [6, 6.07) is 3.48. The number of alkyl halides is 3. The standard InChI is InChI=1S/C15H15F3N4O3/c1-3-6-19-14(23)22-9(2)7-13(20-22)25-12-5-4-10(21-24)8-11(12)15(16,17)18/h4-5,7-8H,3,6H2,1-2H3,(H,19,23). The first-order valence-electron chi connectivity index (χ1n) is 7.33. The van der Waals surface area contributed by atoms with Gasteiger partial charge in [0.15, 0.2) is 0 Å². The van der Waals surface area contributed by atoms with Gasteiger partial charge >= 0.3 is 12.2 Å². The molecule has 0 saturated carbocycles. The zero-order valence-electron chi connectivity index (χ0n) is 13.4. The first-order valence-corrected chi connectivity index (χ1v) is 7.33. The fourth-order valence-electron chi connectivity index (χ4n) is 2.01. The van der Waals surface area contributed by atoms with E-state index in [0.29, 0.717) is 18.3 Å². The smallest absolute Gasteiger partial charge is 0.420 e. The lowest BCUT2D eigenvalue weighted by molar-refractivity contribution is -0.138. The van der Waals surface area contributed by atoms with Gasteiger partial charge in [-0.25, -0.2) is 4.79 Å². The van der Waals surface area contributed by atoms with Crippen LogP contribution in [-0.2, 0) is 6.18 Å². The second-order valence-corrected chi connectivity index (χ2v) is 5.14. The molecule has 0 unspecified atom stereocenters. The second-order valence-electron chi connectivity index (χ2n) is 5.14. The molecule has 10 heteroatoms. The second kappa shape index (κ2) is 7.32. The Hall–Kier alpha value is -2.91. The zero-order valence-corrected chi connectivity index (χ0v) is 13.4. The zero-order chi connectivity index (χ0) is 18.6. The highest BCUT2D eigenvalue weighted by Gasteiger charge is 2.35. The van der Waals surface area contributed by atoms with Gasteiger partial charge in [-0.3, -0.25) is 0 Å². The Balaban J connectivity index is 2.31. The molecule has 0 aliphatic carbocycles. The molecule has 1 N–H and O–H groups in total. The highest BCUT2D eigenvalue weighted by molar-refractivity contribution is 5.76. The molecule has 0 spiro atoms. The number of nitroso groups, excluding NO2 is 1. The van der Waals surface area contributed by atoms with Gasteiger partial charge in [0.05, 0.1) is 5.69 Å². The normalized spacial score (nSPS) is 11.2. The van der Waals surface area contributed by atoms with Crippen LogP contribution in [0.1, 0.15) is 24.6 Å². The summed E-state index contributed by atoms with van der Waals surface area (Å²) < 4.78 is 45.5. The van der Waals surface area contributed by atoms with Gasteiger partial charge in [0.1, 0.15) is 17.0 Å². The van der Waals surface area contributed by atoms with Crippen LogP contribution in [0.5, 0.6) is 11.6 Å². The van der Waals surface area contributed by atoms with Crippen molar-refractivity contribution in [1.82, 2.24) is 15.1 Å². The van der Waals surface area contributed by atoms with E-state index in [4.69, 9.17) is 4.74 Å². The molecule has 0 bridgehead atoms. The minimum atomic E-state index is -4.74. The van der Waals surface area contributed by atoms with Gasteiger partial charge in [0.2, 0.25) is 5.88 Å². The summed E-state index contributed by atoms with van der Waals surface area (Å²) in [7, 11) is 0. The molecule has 1 aromatic heterocycles. The number of nitrogens with zero attached hydrogens (tertiary/aromatic N) is 3. The van der Waals surface area contributed by atoms with Crippen molar-refractivity contribution in [2.75, 3.05) is 6.54 Å². The van der Waals surface area contributed by atoms with Crippen molar-refractivity contribution in [3.05, 3.63) is 40.4 Å². The van der Waals surface area contributed by atoms with E-state index in [0.717, 1.165) is 23.2 Å². The van der Waals surface area contributed by atoms with E-state index < -0.39 is 23.5 Å². The summed E-state index contributed by atoms with van der Waals surface area (Å²) in [6.07, 6.45) is -4.02. The van der Waals surface area contributed by atoms with Crippen molar-refractivity contribution in [2.45, 2.75) is 26.4 Å². The van der Waals surface area contributed by atoms with Crippen molar-refractivity contribution in [3.63, 3.8) is 0 Å². The van der Waals surface area contributed by atoms with Crippen LogP contribution in [-0.4, -0.2) is 22.4 Å². The van der Waals surface area contributed by atoms with E-state index in [-0.39, 0.29) is 11.6 Å². The average molecular weight is 356 g/mol. The summed E-state index contributed by atoms with van der Waals surface area (Å²) >= 11 is 0. The third-order valence-electron chi connectivity index (χ3n) is 3.17. The summed E-state index contributed by atoms with van der Waals surface area (Å²) in [6.45, 7) is 3.88. The Bertz CT molecular complexity index is 787. The van der Waals surface area contributed by atoms with Crippen LogP contribution in [0.15, 0.2) is 29.4 Å². The van der Waals surface area contributed by atoms with E-state index >= 15 is 0 Å². The highest BCUT2D eigenvalue weighted by Crippen LogP contribution is 2.40. The molecule has 0 saturated heterocycles. The molecule has 0 aliphatic heterocycles. The Labute approximate surface area is 140 Å². The molecule has 1 aromatic carbocycles. The van der Waals surface area contributed by atoms with Gasteiger partial charge in [0, 0.05) is 12.6 Å². The number of halogens is 3. The SMILES string of the molecule is CCCNC(=O)n1nc(Oc2ccc(N=O)cc2C(F)(F)F)cc1C. The molecule has 2 rings (SSSR count). The molecule has 0 atom stereocenters. The third-order valence-corrected chi connectivity index (χ3v) is 3.17. The number of rotatable bonds is 5. The molecule has 134 valence electrons. The number of carbonyl (C=O) groups is 1. The number of aryl methyl sites for hydroxylation is 1. The van der Waals surface area contributed by atoms with Crippen LogP contribution in [0.3, 0.4) is 0 Å². The van der Waals surface area contributed by atoms with Crippen LogP contribution in [0.2, 0.25) is 0 Å². The molecule has 1 amide bonds. The molecular formula is C15H15F3N4O3. The maximum Gasteiger partial charge on any atom is 0.420 e. The van der Waals surface area contributed by atoms with Gasteiger partial charge in [-0.1, -0.05) is 6.92 Å². The van der Waals surface area contributed by atoms with E-state index in [9.17, 15) is 22.9 Å². The van der Waals surface area contributed by atoms with E-state index in [1.54, 1.807) is 6.92 Å². The third kappa shape index (κ3) is 4.34. The number of amides is 1. The van der Waals surface area contributed by atoms with E-state index in [1.165, 1.54) is 6.07 Å². The number of carbonyl (C=O) groups excluding carboxylic acids is 1. The Kier molecular flexibility index (Phi) is 5.40. The fraction of sp³-hybridized carbons (Fsp3) is 0.333. The molecule has 2 aromatic rings. The molecular weight excluding hydrogens is 341 g/mol. The molecule has 0 aliphatic rings. The van der Waals surface area contributed by atoms with Gasteiger partial charge < -0.3 is 10.1 Å². The van der Waals surface area contributed by atoms with E-state index in [1.807, 2.05) is 6.92 Å². The molecule has 0 fully saturated rings. The summed E-state index contributed by atoms with van der Waals surface area (Å²) in [5.74, 6) is -0.722. The van der Waals surface area contributed by atoms with Crippen LogP contribution in [0.4, 0.5) is 23.7 Å². The number of benzene rings is 1. The lowest BCUT2D eigenvalue weighted by Gasteiger charge is -2.12. The number of ether oxygens (including phenoxy) is 1. The van der Waals surface area contributed by atoms with Crippen molar-refractivity contribution >= 4 is 11.7 Å². The molecule has 1 heterocycles. The Morgan fingerprint density at radius 2 is 2.08 bits per heavy atom. The topological polar surface area (TPSA) is 85.6 Å². The first kappa shape index (κ1) is 18.4. The quantitative estimate of drug-likeness (QED) is 0.806. The molecule has 7 nitrogen and oxygen atoms in total. The summed E-state index contributed by atoms with van der Waals surface area (Å²) in [4.78, 5) is 22.4. The number of hydrogen-bond acceptors (Lipinski definition) is 5. The minimum Gasteiger partial charge on any atom is -0.437 e. The number of aromatic nitrogens is 2. The minimum absolute atomic E-state index is 0.179. The lowest BCUT2D eigenvalue weighted by Crippen LogP contribution is -2.30. The van der Waals surface area contributed by atoms with Crippen molar-refractivity contribution in [3.8, 4) is 11.6 Å². The fourth-order valence-corrected chi connectivity index (χ4v) is 2.01. The Morgan fingerprint density at radius 1 is 1.36 bits per heavy atom. The van der Waals surface area contributed by atoms with Gasteiger partial charge in [-0.2, -0.15) is 17.9 Å². The maximum absolute atomic E-state index is 13.1. The number of hydrogen-bond donors (Lipinski definition) is 1. The van der Waals surface area contributed by atoms with Crippen LogP contribution < -0.4 is 10.1 Å². The van der Waals surface area contributed by atoms with Gasteiger partial charge in [0.25, 0.3) is 0 Å². The monoisotopic (exact) mass is 356 g/mol. The predicted molar refractivity (Wildman–Crippen MR) is 83.0 cm³/mol. The largest absolute Gasteiger partial charge is 0.437 e. The Morgan fingerprint density at radius 3 is 2.68 bits per heavy atom. The van der Waals surface area contributed by atoms with Crippen LogP contribution in [0, 0.1) is 11.8 Å².